The fourth-order valence-corrected chi connectivity index (χ4v) is 9.05. The first kappa shape index (κ1) is 28.8. The van der Waals surface area contributed by atoms with Crippen LogP contribution in [0.4, 0.5) is 30.7 Å². The summed E-state index contributed by atoms with van der Waals surface area (Å²) in [7, 11) is -4.42. The number of hydrogen-bond acceptors (Lipinski definition) is 4. The zero-order chi connectivity index (χ0) is 29.1. The largest absolute Gasteiger partial charge is 0.435 e. The lowest BCUT2D eigenvalue weighted by atomic mass is 9.76. The number of likely N-dealkylation sites (tertiary alicyclic amines) is 1. The summed E-state index contributed by atoms with van der Waals surface area (Å²) >= 11 is 0. The lowest BCUT2D eigenvalue weighted by Gasteiger charge is -2.43. The third-order valence-corrected chi connectivity index (χ3v) is 11.1. The van der Waals surface area contributed by atoms with Gasteiger partial charge < -0.3 is 4.90 Å². The van der Waals surface area contributed by atoms with Crippen LogP contribution in [-0.2, 0) is 31.5 Å². The van der Waals surface area contributed by atoms with Crippen molar-refractivity contribution >= 4 is 15.7 Å². The molecule has 2 atom stereocenters. The van der Waals surface area contributed by atoms with Crippen molar-refractivity contribution in [1.82, 2.24) is 9.88 Å². The van der Waals surface area contributed by atoms with Crippen molar-refractivity contribution in [3.05, 3.63) is 59.3 Å². The van der Waals surface area contributed by atoms with Gasteiger partial charge in [0, 0.05) is 24.2 Å². The molecule has 2 heterocycles. The molecule has 1 saturated carbocycles. The van der Waals surface area contributed by atoms with E-state index in [-0.39, 0.29) is 53.8 Å². The number of halogens is 7. The van der Waals surface area contributed by atoms with Gasteiger partial charge in [0.2, 0.25) is 15.7 Å². The van der Waals surface area contributed by atoms with Crippen LogP contribution < -0.4 is 0 Å². The lowest BCUT2D eigenvalue weighted by molar-refractivity contribution is -0.348. The summed E-state index contributed by atoms with van der Waals surface area (Å²) in [6, 6.07) is 5.00. The number of fused-ring (bicyclic) bond motifs is 3. The first-order chi connectivity index (χ1) is 18.7. The maximum atomic E-state index is 14.9. The first-order valence-electron chi connectivity index (χ1n) is 13.1. The predicted octanol–water partition coefficient (Wildman–Crippen LogP) is 6.17. The molecular formula is C27H27F7N2O3S. The number of carbonyl (C=O) groups excluding carboxylic acids is 1. The number of hydrogen-bond donors (Lipinski definition) is 0. The zero-order valence-electron chi connectivity index (χ0n) is 21.2. The van der Waals surface area contributed by atoms with Crippen molar-refractivity contribution in [2.75, 3.05) is 6.54 Å². The Morgan fingerprint density at radius 1 is 0.925 bits per heavy atom. The van der Waals surface area contributed by atoms with Crippen molar-refractivity contribution in [2.24, 2.45) is 5.92 Å². The molecule has 0 radical (unpaired) electrons. The molecule has 0 N–H and O–H groups in total. The summed E-state index contributed by atoms with van der Waals surface area (Å²) in [5.41, 5.74) is -7.46. The highest BCUT2D eigenvalue weighted by Crippen LogP contribution is 2.56. The number of nitrogens with zero attached hydrogens (tertiary/aromatic N) is 2. The van der Waals surface area contributed by atoms with E-state index in [0.29, 0.717) is 25.0 Å². The second-order valence-electron chi connectivity index (χ2n) is 10.8. The van der Waals surface area contributed by atoms with Gasteiger partial charge in [-0.05, 0) is 55.4 Å². The van der Waals surface area contributed by atoms with E-state index in [4.69, 9.17) is 0 Å². The third kappa shape index (κ3) is 4.13. The van der Waals surface area contributed by atoms with Gasteiger partial charge in [-0.1, -0.05) is 43.5 Å². The van der Waals surface area contributed by atoms with Crippen LogP contribution in [0.5, 0.6) is 0 Å². The molecule has 40 heavy (non-hydrogen) atoms. The van der Waals surface area contributed by atoms with Crippen LogP contribution in [0.2, 0.25) is 0 Å². The molecule has 2 aliphatic carbocycles. The molecule has 1 aliphatic heterocycles. The number of sulfone groups is 1. The molecule has 1 aromatic heterocycles. The minimum absolute atomic E-state index is 0.0243. The molecule has 1 amide bonds. The van der Waals surface area contributed by atoms with Crippen molar-refractivity contribution in [2.45, 2.75) is 85.2 Å². The molecule has 0 bridgehead atoms. The number of aromatic nitrogens is 1. The van der Waals surface area contributed by atoms with E-state index in [1.165, 1.54) is 29.3 Å². The molecular weight excluding hydrogens is 565 g/mol. The predicted molar refractivity (Wildman–Crippen MR) is 129 cm³/mol. The van der Waals surface area contributed by atoms with Gasteiger partial charge >= 0.3 is 18.0 Å². The minimum Gasteiger partial charge on any atom is -0.337 e. The smallest absolute Gasteiger partial charge is 0.337 e. The topological polar surface area (TPSA) is 67.3 Å². The SMILES string of the molecule is O=C(C1CCCCC1)N1CCC2(S(=O)(=O)c3ccccn3)c3ccc(C(F)(C(F)(F)F)C(F)(F)F)cc3CCC12. The Labute approximate surface area is 226 Å². The van der Waals surface area contributed by atoms with Crippen molar-refractivity contribution in [3.8, 4) is 0 Å². The fourth-order valence-electron chi connectivity index (χ4n) is 6.77. The van der Waals surface area contributed by atoms with Gasteiger partial charge in [-0.2, -0.15) is 26.3 Å². The van der Waals surface area contributed by atoms with Gasteiger partial charge in [-0.3, -0.25) is 4.79 Å². The summed E-state index contributed by atoms with van der Waals surface area (Å²) in [5.74, 6) is -0.476. The maximum Gasteiger partial charge on any atom is 0.435 e. The maximum absolute atomic E-state index is 14.9. The molecule has 2 aromatic rings. The van der Waals surface area contributed by atoms with Crippen LogP contribution in [0.1, 0.15) is 61.6 Å². The van der Waals surface area contributed by atoms with E-state index in [1.54, 1.807) is 0 Å². The summed E-state index contributed by atoms with van der Waals surface area (Å²) < 4.78 is 123. The first-order valence-corrected chi connectivity index (χ1v) is 14.6. The highest BCUT2D eigenvalue weighted by atomic mass is 32.2. The number of benzene rings is 1. The van der Waals surface area contributed by atoms with Crippen LogP contribution in [0, 0.1) is 5.92 Å². The van der Waals surface area contributed by atoms with E-state index in [0.717, 1.165) is 25.3 Å². The summed E-state index contributed by atoms with van der Waals surface area (Å²) in [5, 5.41) is -0.325. The van der Waals surface area contributed by atoms with Gasteiger partial charge in [0.1, 0.15) is 4.75 Å². The van der Waals surface area contributed by atoms with Crippen molar-refractivity contribution in [3.63, 3.8) is 0 Å². The van der Waals surface area contributed by atoms with Gasteiger partial charge in [0.15, 0.2) is 5.03 Å². The number of rotatable bonds is 4. The Morgan fingerprint density at radius 3 is 2.20 bits per heavy atom. The third-order valence-electron chi connectivity index (χ3n) is 8.70. The minimum atomic E-state index is -6.30. The fraction of sp³-hybridized carbons (Fsp3) is 0.556. The molecule has 3 aliphatic rings. The molecule has 5 rings (SSSR count). The van der Waals surface area contributed by atoms with Gasteiger partial charge in [0.25, 0.3) is 0 Å². The monoisotopic (exact) mass is 592 g/mol. The average molecular weight is 593 g/mol. The van der Waals surface area contributed by atoms with E-state index < -0.39 is 44.2 Å². The Hall–Kier alpha value is -2.70. The molecule has 1 aromatic carbocycles. The molecule has 13 heteroatoms. The second kappa shape index (κ2) is 9.70. The number of pyridine rings is 1. The van der Waals surface area contributed by atoms with Crippen LogP contribution in [0.15, 0.2) is 47.6 Å². The average Bonchev–Trinajstić information content (AvgIpc) is 3.33. The van der Waals surface area contributed by atoms with Crippen molar-refractivity contribution in [1.29, 1.82) is 0 Å². The van der Waals surface area contributed by atoms with E-state index in [9.17, 15) is 43.9 Å². The quantitative estimate of drug-likeness (QED) is 0.399. The van der Waals surface area contributed by atoms with Crippen LogP contribution in [0.3, 0.4) is 0 Å². The van der Waals surface area contributed by atoms with E-state index in [2.05, 4.69) is 4.98 Å². The van der Waals surface area contributed by atoms with Crippen LogP contribution in [-0.4, -0.2) is 49.1 Å². The second-order valence-corrected chi connectivity index (χ2v) is 12.9. The highest BCUT2D eigenvalue weighted by Gasteiger charge is 2.74. The van der Waals surface area contributed by atoms with Crippen LogP contribution in [0.25, 0.3) is 0 Å². The number of aryl methyl sites for hydroxylation is 1. The van der Waals surface area contributed by atoms with Crippen LogP contribution >= 0.6 is 0 Å². The number of carbonyl (C=O) groups is 1. The standard InChI is InChI=1S/C27H27F7N2O3S/c28-25(26(29,30)31,27(32,33)34)19-10-11-20-18(16-19)9-12-21-24(20,40(38,39)22-8-4-5-14-35-22)13-15-36(21)23(37)17-6-2-1-3-7-17/h4-5,8,10-11,14,16-17,21H,1-3,6-7,9,12-13,15H2. The Balaban J connectivity index is 1.67. The lowest BCUT2D eigenvalue weighted by Crippen LogP contribution is -2.53. The molecule has 2 unspecified atom stereocenters. The normalized spacial score (nSPS) is 24.5. The Morgan fingerprint density at radius 2 is 1.60 bits per heavy atom. The Kier molecular flexibility index (Phi) is 6.99. The number of amides is 1. The zero-order valence-corrected chi connectivity index (χ0v) is 22.0. The van der Waals surface area contributed by atoms with Gasteiger partial charge in [-0.25, -0.2) is 17.8 Å². The van der Waals surface area contributed by atoms with Crippen molar-refractivity contribution < 1.29 is 43.9 Å². The summed E-state index contributed by atoms with van der Waals surface area (Å²) in [6.45, 7) is 0.0470. The Bertz CT molecular complexity index is 1380. The van der Waals surface area contributed by atoms with Gasteiger partial charge in [-0.15, -0.1) is 0 Å². The number of alkyl halides is 7. The molecule has 218 valence electrons. The molecule has 2 fully saturated rings. The highest BCUT2D eigenvalue weighted by molar-refractivity contribution is 7.92. The summed E-state index contributed by atoms with van der Waals surface area (Å²) in [6.07, 6.45) is -7.59. The summed E-state index contributed by atoms with van der Waals surface area (Å²) in [4.78, 5) is 19.1. The van der Waals surface area contributed by atoms with Gasteiger partial charge in [0.05, 0.1) is 6.04 Å². The molecule has 1 saturated heterocycles. The van der Waals surface area contributed by atoms with E-state index >= 15 is 0 Å². The molecule has 0 spiro atoms. The van der Waals surface area contributed by atoms with E-state index in [1.807, 2.05) is 0 Å². The molecule has 5 nitrogen and oxygen atoms in total.